The number of amides is 1. The van der Waals surface area contributed by atoms with Crippen molar-refractivity contribution in [2.24, 2.45) is 5.92 Å². The van der Waals surface area contributed by atoms with Gasteiger partial charge in [0.25, 0.3) is 0 Å². The normalized spacial score (nSPS) is 24.2. The smallest absolute Gasteiger partial charge is 0.380 e. The second kappa shape index (κ2) is 8.88. The average Bonchev–Trinajstić information content (AvgIpc) is 3.22. The van der Waals surface area contributed by atoms with Gasteiger partial charge in [0.2, 0.25) is 5.91 Å². The van der Waals surface area contributed by atoms with Crippen molar-refractivity contribution in [3.05, 3.63) is 65.0 Å². The Labute approximate surface area is 217 Å². The highest BCUT2D eigenvalue weighted by atomic mass is 32.2. The summed E-state index contributed by atoms with van der Waals surface area (Å²) in [7, 11) is -4.51. The van der Waals surface area contributed by atoms with Crippen molar-refractivity contribution in [2.45, 2.75) is 53.0 Å². The molecular weight excluding hydrogens is 562 g/mol. The number of sulfone groups is 1. The van der Waals surface area contributed by atoms with E-state index in [1.807, 2.05) is 0 Å². The topological polar surface area (TPSA) is 63.7 Å². The highest BCUT2D eigenvalue weighted by Crippen LogP contribution is 2.56. The largest absolute Gasteiger partial charge is 0.435 e. The molecule has 2 saturated heterocycles. The standard InChI is InChI=1S/C25H21F8NO4S/c26-17-3-5-18(6-4-17)39(36,37)22-9-10-34(21(35)15-12-38-13-15)20(22)8-1-14-11-16(2-7-19(14)22)23(27,24(28,29)30)25(31,32)33/h2-7,11,15,20H,1,8-10,12-13H2/t20-,22-/m0/s1. The third kappa shape index (κ3) is 3.88. The third-order valence-electron chi connectivity index (χ3n) is 7.94. The molecule has 5 nitrogen and oxygen atoms in total. The highest BCUT2D eigenvalue weighted by Gasteiger charge is 2.74. The minimum atomic E-state index is -6.34. The summed E-state index contributed by atoms with van der Waals surface area (Å²) in [5.74, 6) is -1.62. The lowest BCUT2D eigenvalue weighted by Crippen LogP contribution is -2.55. The molecule has 2 aliphatic heterocycles. The Morgan fingerprint density at radius 2 is 1.56 bits per heavy atom. The van der Waals surface area contributed by atoms with Gasteiger partial charge in [0, 0.05) is 12.1 Å². The van der Waals surface area contributed by atoms with Crippen LogP contribution >= 0.6 is 0 Å². The summed E-state index contributed by atoms with van der Waals surface area (Å²) < 4.78 is 140. The lowest BCUT2D eigenvalue weighted by molar-refractivity contribution is -0.348. The van der Waals surface area contributed by atoms with E-state index in [0.29, 0.717) is 12.1 Å². The van der Waals surface area contributed by atoms with Gasteiger partial charge in [0.05, 0.1) is 30.1 Å². The Kier molecular flexibility index (Phi) is 6.33. The number of carbonyl (C=O) groups excluding carboxylic acids is 1. The minimum Gasteiger partial charge on any atom is -0.380 e. The van der Waals surface area contributed by atoms with E-state index in [4.69, 9.17) is 4.74 Å². The van der Waals surface area contributed by atoms with Gasteiger partial charge in [0.1, 0.15) is 10.6 Å². The number of ether oxygens (including phenoxy) is 1. The van der Waals surface area contributed by atoms with Crippen LogP contribution in [0.3, 0.4) is 0 Å². The van der Waals surface area contributed by atoms with Gasteiger partial charge in [-0.25, -0.2) is 17.2 Å². The first-order valence-electron chi connectivity index (χ1n) is 11.9. The van der Waals surface area contributed by atoms with Crippen LogP contribution < -0.4 is 0 Å². The molecule has 2 fully saturated rings. The number of nitrogens with zero attached hydrogens (tertiary/aromatic N) is 1. The van der Waals surface area contributed by atoms with Crippen molar-refractivity contribution >= 4 is 15.7 Å². The van der Waals surface area contributed by atoms with Crippen molar-refractivity contribution in [3.63, 3.8) is 0 Å². The number of alkyl halides is 7. The predicted octanol–water partition coefficient (Wildman–Crippen LogP) is 4.98. The number of hydrogen-bond acceptors (Lipinski definition) is 4. The lowest BCUT2D eigenvalue weighted by atomic mass is 9.76. The first-order chi connectivity index (χ1) is 18.1. The minimum absolute atomic E-state index is 0.0558. The van der Waals surface area contributed by atoms with Crippen LogP contribution in [0.5, 0.6) is 0 Å². The zero-order chi connectivity index (χ0) is 28.6. The number of aryl methyl sites for hydroxylation is 1. The molecule has 212 valence electrons. The molecule has 5 rings (SSSR count). The fourth-order valence-electron chi connectivity index (χ4n) is 5.93. The molecule has 14 heteroatoms. The van der Waals surface area contributed by atoms with Crippen LogP contribution in [-0.2, 0) is 36.2 Å². The van der Waals surface area contributed by atoms with Gasteiger partial charge >= 0.3 is 18.0 Å². The fourth-order valence-corrected chi connectivity index (χ4v) is 8.30. The first-order valence-corrected chi connectivity index (χ1v) is 13.4. The Hall–Kier alpha value is -2.74. The molecular formula is C25H21F8NO4S. The van der Waals surface area contributed by atoms with Gasteiger partial charge in [-0.2, -0.15) is 26.3 Å². The number of fused-ring (bicyclic) bond motifs is 3. The summed E-state index contributed by atoms with van der Waals surface area (Å²) in [5.41, 5.74) is -7.71. The molecule has 0 N–H and O–H groups in total. The monoisotopic (exact) mass is 583 g/mol. The molecule has 0 unspecified atom stereocenters. The van der Waals surface area contributed by atoms with E-state index in [0.717, 1.165) is 30.3 Å². The van der Waals surface area contributed by atoms with Crippen molar-refractivity contribution in [2.75, 3.05) is 19.8 Å². The Morgan fingerprint density at radius 1 is 0.949 bits per heavy atom. The maximum absolute atomic E-state index is 14.8. The molecule has 1 amide bonds. The molecule has 0 bridgehead atoms. The van der Waals surface area contributed by atoms with E-state index < -0.39 is 55.9 Å². The van der Waals surface area contributed by atoms with E-state index in [1.165, 1.54) is 4.90 Å². The van der Waals surface area contributed by atoms with E-state index in [1.54, 1.807) is 0 Å². The Balaban J connectivity index is 1.69. The van der Waals surface area contributed by atoms with Crippen molar-refractivity contribution in [3.8, 4) is 0 Å². The summed E-state index contributed by atoms with van der Waals surface area (Å²) in [5, 5.41) is 0. The van der Waals surface area contributed by atoms with E-state index in [-0.39, 0.29) is 61.0 Å². The molecule has 2 aromatic rings. The van der Waals surface area contributed by atoms with E-state index in [2.05, 4.69) is 0 Å². The second-order valence-corrected chi connectivity index (χ2v) is 12.2. The summed E-state index contributed by atoms with van der Waals surface area (Å²) in [4.78, 5) is 14.2. The van der Waals surface area contributed by atoms with E-state index >= 15 is 0 Å². The quantitative estimate of drug-likeness (QED) is 0.377. The van der Waals surface area contributed by atoms with Crippen LogP contribution in [0.25, 0.3) is 0 Å². The molecule has 0 radical (unpaired) electrons. The van der Waals surface area contributed by atoms with Crippen LogP contribution in [-0.4, -0.2) is 57.4 Å². The lowest BCUT2D eigenvalue weighted by Gasteiger charge is -2.44. The van der Waals surface area contributed by atoms with Crippen molar-refractivity contribution in [1.82, 2.24) is 4.90 Å². The fraction of sp³-hybridized carbons (Fsp3) is 0.480. The molecule has 1 aliphatic carbocycles. The number of benzene rings is 2. The number of likely N-dealkylation sites (tertiary alicyclic amines) is 1. The number of halogens is 8. The number of carbonyl (C=O) groups is 1. The van der Waals surface area contributed by atoms with Crippen molar-refractivity contribution < 1.29 is 53.1 Å². The van der Waals surface area contributed by atoms with Crippen molar-refractivity contribution in [1.29, 1.82) is 0 Å². The highest BCUT2D eigenvalue weighted by molar-refractivity contribution is 7.92. The van der Waals surface area contributed by atoms with Gasteiger partial charge in [0.15, 0.2) is 9.84 Å². The SMILES string of the molecule is O=C(C1COC1)N1CC[C@]2(S(=O)(=O)c3ccc(F)cc3)c3ccc(C(F)(C(F)(F)F)C(F)(F)F)cc3CC[C@H]12. The zero-order valence-corrected chi connectivity index (χ0v) is 20.8. The summed E-state index contributed by atoms with van der Waals surface area (Å²) >= 11 is 0. The molecule has 0 aromatic heterocycles. The molecule has 0 spiro atoms. The Bertz CT molecular complexity index is 1390. The molecule has 39 heavy (non-hydrogen) atoms. The summed E-state index contributed by atoms with van der Waals surface area (Å²) in [6.07, 6.45) is -13.2. The molecule has 3 aliphatic rings. The van der Waals surface area contributed by atoms with Gasteiger partial charge in [-0.15, -0.1) is 0 Å². The third-order valence-corrected chi connectivity index (χ3v) is 10.5. The molecule has 0 saturated carbocycles. The molecule has 2 heterocycles. The maximum Gasteiger partial charge on any atom is 0.435 e. The summed E-state index contributed by atoms with van der Waals surface area (Å²) in [6, 6.07) is 4.29. The second-order valence-electron chi connectivity index (χ2n) is 9.94. The molecule has 2 atom stereocenters. The van der Waals surface area contributed by atoms with Gasteiger partial charge in [-0.05, 0) is 54.7 Å². The van der Waals surface area contributed by atoms with Gasteiger partial charge in [-0.1, -0.05) is 18.2 Å². The van der Waals surface area contributed by atoms with Crippen LogP contribution in [0.2, 0.25) is 0 Å². The van der Waals surface area contributed by atoms with Crippen LogP contribution in [0.4, 0.5) is 35.1 Å². The van der Waals surface area contributed by atoms with Gasteiger partial charge in [-0.3, -0.25) is 4.79 Å². The maximum atomic E-state index is 14.8. The number of hydrogen-bond donors (Lipinski definition) is 0. The van der Waals surface area contributed by atoms with Crippen LogP contribution in [0.15, 0.2) is 47.4 Å². The van der Waals surface area contributed by atoms with Crippen LogP contribution in [0, 0.1) is 11.7 Å². The average molecular weight is 583 g/mol. The zero-order valence-electron chi connectivity index (χ0n) is 20.0. The summed E-state index contributed by atoms with van der Waals surface area (Å²) in [6.45, 7) is 0.208. The van der Waals surface area contributed by atoms with E-state index in [9.17, 15) is 48.3 Å². The number of rotatable bonds is 4. The predicted molar refractivity (Wildman–Crippen MR) is 119 cm³/mol. The Morgan fingerprint density at radius 3 is 2.10 bits per heavy atom. The molecule has 2 aromatic carbocycles. The first kappa shape index (κ1) is 27.8. The van der Waals surface area contributed by atoms with Crippen LogP contribution in [0.1, 0.15) is 29.5 Å². The van der Waals surface area contributed by atoms with Gasteiger partial charge < -0.3 is 9.64 Å².